The summed E-state index contributed by atoms with van der Waals surface area (Å²) in [7, 11) is 1.82. The lowest BCUT2D eigenvalue weighted by Gasteiger charge is -2.34. The van der Waals surface area contributed by atoms with Gasteiger partial charge in [-0.05, 0) is 24.3 Å². The van der Waals surface area contributed by atoms with Crippen molar-refractivity contribution >= 4 is 33.3 Å². The standard InChI is InChI=1S/C17H19N5O2S/c1-21(10-13-4-7-24-20-13)17(23)12-3-2-6-22(9-12)15-14-5-8-25-16(14)19-11-18-15/h4-5,7-8,11-12H,2-3,6,9-10H2,1H3. The van der Waals surface area contributed by atoms with E-state index >= 15 is 0 Å². The molecule has 0 radical (unpaired) electrons. The maximum atomic E-state index is 12.8. The molecule has 1 aliphatic heterocycles. The van der Waals surface area contributed by atoms with Crippen LogP contribution in [0.25, 0.3) is 10.2 Å². The fraction of sp³-hybridized carbons (Fsp3) is 0.412. The first kappa shape index (κ1) is 16.0. The van der Waals surface area contributed by atoms with Gasteiger partial charge in [-0.1, -0.05) is 5.16 Å². The molecule has 7 nitrogen and oxygen atoms in total. The van der Waals surface area contributed by atoms with Gasteiger partial charge in [-0.2, -0.15) is 0 Å². The van der Waals surface area contributed by atoms with Crippen LogP contribution >= 0.6 is 11.3 Å². The molecule has 1 fully saturated rings. The lowest BCUT2D eigenvalue weighted by atomic mass is 9.96. The molecule has 0 aromatic carbocycles. The minimum absolute atomic E-state index is 0.0331. The molecule has 0 bridgehead atoms. The number of carbonyl (C=O) groups excluding carboxylic acids is 1. The summed E-state index contributed by atoms with van der Waals surface area (Å²) >= 11 is 1.61. The van der Waals surface area contributed by atoms with Crippen LogP contribution in [0.1, 0.15) is 18.5 Å². The first-order valence-electron chi connectivity index (χ1n) is 8.30. The number of thiophene rings is 1. The Morgan fingerprint density at radius 2 is 2.36 bits per heavy atom. The van der Waals surface area contributed by atoms with Crippen LogP contribution in [-0.4, -0.2) is 46.1 Å². The van der Waals surface area contributed by atoms with Gasteiger partial charge in [-0.3, -0.25) is 4.79 Å². The van der Waals surface area contributed by atoms with E-state index in [0.717, 1.165) is 41.1 Å². The molecule has 4 heterocycles. The Bertz CT molecular complexity index is 863. The minimum Gasteiger partial charge on any atom is -0.364 e. The molecule has 25 heavy (non-hydrogen) atoms. The highest BCUT2D eigenvalue weighted by molar-refractivity contribution is 7.16. The third kappa shape index (κ3) is 3.21. The Balaban J connectivity index is 1.49. The van der Waals surface area contributed by atoms with Crippen molar-refractivity contribution in [1.82, 2.24) is 20.0 Å². The maximum absolute atomic E-state index is 12.8. The monoisotopic (exact) mass is 357 g/mol. The third-order valence-corrected chi connectivity index (χ3v) is 5.40. The van der Waals surface area contributed by atoms with Crippen LogP contribution < -0.4 is 4.90 Å². The molecule has 1 saturated heterocycles. The number of rotatable bonds is 4. The zero-order valence-electron chi connectivity index (χ0n) is 14.0. The van der Waals surface area contributed by atoms with Gasteiger partial charge in [0.25, 0.3) is 0 Å². The smallest absolute Gasteiger partial charge is 0.227 e. The van der Waals surface area contributed by atoms with Crippen molar-refractivity contribution in [3.63, 3.8) is 0 Å². The summed E-state index contributed by atoms with van der Waals surface area (Å²) in [5.74, 6) is 1.04. The van der Waals surface area contributed by atoms with Crippen molar-refractivity contribution in [3.05, 3.63) is 35.8 Å². The number of carbonyl (C=O) groups is 1. The minimum atomic E-state index is -0.0331. The van der Waals surface area contributed by atoms with Crippen LogP contribution in [0.3, 0.4) is 0 Å². The number of piperidine rings is 1. The molecule has 0 saturated carbocycles. The number of nitrogens with zero attached hydrogens (tertiary/aromatic N) is 5. The van der Waals surface area contributed by atoms with Gasteiger partial charge in [0.05, 0.1) is 17.8 Å². The Hall–Kier alpha value is -2.48. The summed E-state index contributed by atoms with van der Waals surface area (Å²) in [5.41, 5.74) is 0.763. The van der Waals surface area contributed by atoms with Gasteiger partial charge in [0, 0.05) is 26.2 Å². The summed E-state index contributed by atoms with van der Waals surface area (Å²) in [4.78, 5) is 26.5. The summed E-state index contributed by atoms with van der Waals surface area (Å²) in [6, 6.07) is 3.84. The molecule has 1 unspecified atom stereocenters. The van der Waals surface area contributed by atoms with Gasteiger partial charge < -0.3 is 14.3 Å². The summed E-state index contributed by atoms with van der Waals surface area (Å²) < 4.78 is 4.84. The van der Waals surface area contributed by atoms with E-state index in [4.69, 9.17) is 4.52 Å². The second-order valence-corrected chi connectivity index (χ2v) is 7.20. The lowest BCUT2D eigenvalue weighted by Crippen LogP contribution is -2.43. The fourth-order valence-corrected chi connectivity index (χ4v) is 4.08. The fourth-order valence-electron chi connectivity index (χ4n) is 3.35. The summed E-state index contributed by atoms with van der Waals surface area (Å²) in [6.45, 7) is 2.07. The zero-order valence-corrected chi connectivity index (χ0v) is 14.8. The summed E-state index contributed by atoms with van der Waals surface area (Å²) in [5, 5.41) is 6.97. The number of fused-ring (bicyclic) bond motifs is 1. The van der Waals surface area contributed by atoms with Crippen LogP contribution in [0.15, 0.2) is 34.6 Å². The molecule has 0 spiro atoms. The second kappa shape index (κ2) is 6.79. The van der Waals surface area contributed by atoms with Crippen LogP contribution in [-0.2, 0) is 11.3 Å². The molecule has 8 heteroatoms. The van der Waals surface area contributed by atoms with Crippen molar-refractivity contribution < 1.29 is 9.32 Å². The molecular formula is C17H19N5O2S. The molecule has 3 aromatic heterocycles. The first-order valence-corrected chi connectivity index (χ1v) is 9.17. The predicted molar refractivity (Wildman–Crippen MR) is 95.3 cm³/mol. The van der Waals surface area contributed by atoms with E-state index in [2.05, 4.69) is 26.1 Å². The number of aromatic nitrogens is 3. The molecule has 3 aromatic rings. The van der Waals surface area contributed by atoms with E-state index in [1.807, 2.05) is 12.4 Å². The third-order valence-electron chi connectivity index (χ3n) is 4.58. The molecule has 1 amide bonds. The Morgan fingerprint density at radius 1 is 1.44 bits per heavy atom. The van der Waals surface area contributed by atoms with Crippen LogP contribution in [0.5, 0.6) is 0 Å². The van der Waals surface area contributed by atoms with Crippen molar-refractivity contribution in [3.8, 4) is 0 Å². The van der Waals surface area contributed by atoms with Gasteiger partial charge in [0.2, 0.25) is 5.91 Å². The van der Waals surface area contributed by atoms with E-state index in [0.29, 0.717) is 13.1 Å². The van der Waals surface area contributed by atoms with Gasteiger partial charge in [-0.25, -0.2) is 9.97 Å². The highest BCUT2D eigenvalue weighted by Crippen LogP contribution is 2.30. The first-order chi connectivity index (χ1) is 12.2. The van der Waals surface area contributed by atoms with E-state index in [-0.39, 0.29) is 11.8 Å². The van der Waals surface area contributed by atoms with E-state index < -0.39 is 0 Å². The largest absolute Gasteiger partial charge is 0.364 e. The average Bonchev–Trinajstić information content (AvgIpc) is 3.32. The quantitative estimate of drug-likeness (QED) is 0.714. The molecule has 130 valence electrons. The molecule has 4 rings (SSSR count). The predicted octanol–water partition coefficient (Wildman–Crippen LogP) is 2.55. The highest BCUT2D eigenvalue weighted by atomic mass is 32.1. The average molecular weight is 357 g/mol. The van der Waals surface area contributed by atoms with Crippen LogP contribution in [0.2, 0.25) is 0 Å². The van der Waals surface area contributed by atoms with Gasteiger partial charge in [0.1, 0.15) is 28.9 Å². The van der Waals surface area contributed by atoms with E-state index in [1.165, 1.54) is 6.26 Å². The van der Waals surface area contributed by atoms with Gasteiger partial charge >= 0.3 is 0 Å². The Morgan fingerprint density at radius 3 is 3.20 bits per heavy atom. The number of hydrogen-bond donors (Lipinski definition) is 0. The van der Waals surface area contributed by atoms with E-state index in [9.17, 15) is 4.79 Å². The summed E-state index contributed by atoms with van der Waals surface area (Å²) in [6.07, 6.45) is 5.01. The number of anilines is 1. The van der Waals surface area contributed by atoms with Crippen molar-refractivity contribution in [2.24, 2.45) is 5.92 Å². The lowest BCUT2D eigenvalue weighted by molar-refractivity contribution is -0.135. The second-order valence-electron chi connectivity index (χ2n) is 6.31. The van der Waals surface area contributed by atoms with Gasteiger partial charge in [0.15, 0.2) is 0 Å². The van der Waals surface area contributed by atoms with E-state index in [1.54, 1.807) is 28.6 Å². The molecule has 0 aliphatic carbocycles. The van der Waals surface area contributed by atoms with Gasteiger partial charge in [-0.15, -0.1) is 11.3 Å². The molecular weight excluding hydrogens is 338 g/mol. The highest BCUT2D eigenvalue weighted by Gasteiger charge is 2.29. The zero-order chi connectivity index (χ0) is 17.2. The van der Waals surface area contributed by atoms with Crippen molar-refractivity contribution in [2.45, 2.75) is 19.4 Å². The van der Waals surface area contributed by atoms with Crippen LogP contribution in [0.4, 0.5) is 5.82 Å². The topological polar surface area (TPSA) is 75.4 Å². The SMILES string of the molecule is CN(Cc1ccon1)C(=O)C1CCCN(c2ncnc3sccc23)C1. The van der Waals surface area contributed by atoms with Crippen LogP contribution in [0, 0.1) is 5.92 Å². The number of amides is 1. The molecule has 1 atom stereocenters. The number of hydrogen-bond acceptors (Lipinski definition) is 7. The maximum Gasteiger partial charge on any atom is 0.227 e. The van der Waals surface area contributed by atoms with Crippen molar-refractivity contribution in [1.29, 1.82) is 0 Å². The normalized spacial score (nSPS) is 17.8. The van der Waals surface area contributed by atoms with Crippen molar-refractivity contribution in [2.75, 3.05) is 25.0 Å². The Labute approximate surface area is 149 Å². The molecule has 1 aliphatic rings. The molecule has 0 N–H and O–H groups in total. The Kier molecular flexibility index (Phi) is 4.35.